The summed E-state index contributed by atoms with van der Waals surface area (Å²) < 4.78 is 33.1. The molecule has 0 aliphatic carbocycles. The second kappa shape index (κ2) is 2.88. The molecule has 2 nitrogen and oxygen atoms in total. The van der Waals surface area contributed by atoms with Gasteiger partial charge in [-0.3, -0.25) is 0 Å². The first-order valence-corrected chi connectivity index (χ1v) is 1.78. The van der Waals surface area contributed by atoms with E-state index in [9.17, 15) is 13.2 Å². The van der Waals surface area contributed by atoms with Crippen LogP contribution in [0.1, 0.15) is 0 Å². The Morgan fingerprint density at radius 1 is 1.38 bits per heavy atom. The summed E-state index contributed by atoms with van der Waals surface area (Å²) in [6, 6.07) is 0. The first-order valence-electron chi connectivity index (χ1n) is 1.78. The molecule has 0 amide bonds. The van der Waals surface area contributed by atoms with Crippen molar-refractivity contribution >= 4 is 0 Å². The SMILES string of the molecule is COOCC(F)(F)F. The molecule has 0 bridgehead atoms. The van der Waals surface area contributed by atoms with Crippen LogP contribution in [-0.4, -0.2) is 19.9 Å². The maximum Gasteiger partial charge on any atom is 0.414 e. The van der Waals surface area contributed by atoms with Crippen molar-refractivity contribution in [3.05, 3.63) is 0 Å². The highest BCUT2D eigenvalue weighted by Gasteiger charge is 2.27. The molecule has 0 aromatic carbocycles. The third kappa shape index (κ3) is 5.71. The van der Waals surface area contributed by atoms with Crippen LogP contribution in [0.2, 0.25) is 0 Å². The molecule has 0 fully saturated rings. The summed E-state index contributed by atoms with van der Waals surface area (Å²) in [4.78, 5) is 7.27. The van der Waals surface area contributed by atoms with Gasteiger partial charge in [0.1, 0.15) is 0 Å². The topological polar surface area (TPSA) is 18.5 Å². The molecule has 0 radical (unpaired) electrons. The predicted molar refractivity (Wildman–Crippen MR) is 19.0 cm³/mol. The Hall–Kier alpha value is -0.290. The van der Waals surface area contributed by atoms with Gasteiger partial charge in [-0.2, -0.15) is 13.2 Å². The minimum Gasteiger partial charge on any atom is -0.240 e. The largest absolute Gasteiger partial charge is 0.414 e. The maximum atomic E-state index is 11.0. The van der Waals surface area contributed by atoms with Gasteiger partial charge in [0, 0.05) is 0 Å². The Bertz CT molecular complexity index is 60.0. The van der Waals surface area contributed by atoms with E-state index in [1.165, 1.54) is 0 Å². The molecule has 0 spiro atoms. The highest BCUT2D eigenvalue weighted by atomic mass is 19.4. The van der Waals surface area contributed by atoms with Gasteiger partial charge in [0.25, 0.3) is 0 Å². The lowest BCUT2D eigenvalue weighted by atomic mass is 10.7. The number of hydrogen-bond donors (Lipinski definition) is 0. The van der Waals surface area contributed by atoms with Crippen LogP contribution in [0, 0.1) is 0 Å². The number of hydrogen-bond acceptors (Lipinski definition) is 2. The molecule has 0 heterocycles. The lowest BCUT2D eigenvalue weighted by Gasteiger charge is -2.02. The summed E-state index contributed by atoms with van der Waals surface area (Å²) in [5, 5.41) is 0. The van der Waals surface area contributed by atoms with E-state index in [1.54, 1.807) is 0 Å². The van der Waals surface area contributed by atoms with Crippen molar-refractivity contribution in [3.63, 3.8) is 0 Å². The Balaban J connectivity index is 3.11. The monoisotopic (exact) mass is 130 g/mol. The van der Waals surface area contributed by atoms with Gasteiger partial charge < -0.3 is 0 Å². The van der Waals surface area contributed by atoms with Gasteiger partial charge in [-0.15, -0.1) is 0 Å². The molecule has 0 atom stereocenters. The van der Waals surface area contributed by atoms with E-state index in [0.29, 0.717) is 0 Å². The van der Waals surface area contributed by atoms with Gasteiger partial charge in [-0.25, -0.2) is 9.78 Å². The second-order valence-corrected chi connectivity index (χ2v) is 1.04. The Labute approximate surface area is 44.1 Å². The standard InChI is InChI=1S/C3H5F3O2/c1-7-8-2-3(4,5)6/h2H2,1H3. The summed E-state index contributed by atoms with van der Waals surface area (Å²) in [6.07, 6.45) is -4.30. The fourth-order valence-electron chi connectivity index (χ4n) is 0.126. The summed E-state index contributed by atoms with van der Waals surface area (Å²) in [5.74, 6) is 0. The van der Waals surface area contributed by atoms with Crippen LogP contribution in [0.25, 0.3) is 0 Å². The average molecular weight is 130 g/mol. The lowest BCUT2D eigenvalue weighted by molar-refractivity contribution is -0.325. The molecule has 0 aliphatic heterocycles. The molecule has 5 heteroatoms. The predicted octanol–water partition coefficient (Wildman–Crippen LogP) is 1.13. The third-order valence-electron chi connectivity index (χ3n) is 0.340. The average Bonchev–Trinajstić information content (AvgIpc) is 1.59. The van der Waals surface area contributed by atoms with E-state index < -0.39 is 12.8 Å². The molecule has 0 aliphatic rings. The van der Waals surface area contributed by atoms with Crippen LogP contribution in [0.5, 0.6) is 0 Å². The fraction of sp³-hybridized carbons (Fsp3) is 1.00. The number of halogens is 3. The molecule has 0 saturated heterocycles. The van der Waals surface area contributed by atoms with Crippen molar-refractivity contribution in [2.45, 2.75) is 6.18 Å². The van der Waals surface area contributed by atoms with Crippen LogP contribution in [0.15, 0.2) is 0 Å². The number of alkyl halides is 3. The van der Waals surface area contributed by atoms with E-state index >= 15 is 0 Å². The van der Waals surface area contributed by atoms with Crippen LogP contribution in [0.3, 0.4) is 0 Å². The molecule has 50 valence electrons. The summed E-state index contributed by atoms with van der Waals surface area (Å²) in [6.45, 7) is -1.36. The minimum absolute atomic E-state index is 1.02. The second-order valence-electron chi connectivity index (χ2n) is 1.04. The summed E-state index contributed by atoms with van der Waals surface area (Å²) in [7, 11) is 1.02. The molecule has 0 rings (SSSR count). The molecular formula is C3H5F3O2. The molecule has 0 aromatic heterocycles. The van der Waals surface area contributed by atoms with E-state index in [1.807, 2.05) is 0 Å². The van der Waals surface area contributed by atoms with E-state index in [4.69, 9.17) is 0 Å². The normalized spacial score (nSPS) is 12.0. The third-order valence-corrected chi connectivity index (χ3v) is 0.340. The molecule has 8 heavy (non-hydrogen) atoms. The Morgan fingerprint density at radius 3 is 2.00 bits per heavy atom. The summed E-state index contributed by atoms with van der Waals surface area (Å²) >= 11 is 0. The van der Waals surface area contributed by atoms with E-state index in [-0.39, 0.29) is 0 Å². The van der Waals surface area contributed by atoms with Crippen molar-refractivity contribution in [1.29, 1.82) is 0 Å². The van der Waals surface area contributed by atoms with E-state index in [0.717, 1.165) is 7.11 Å². The summed E-state index contributed by atoms with van der Waals surface area (Å²) in [5.41, 5.74) is 0. The lowest BCUT2D eigenvalue weighted by Crippen LogP contribution is -2.16. The van der Waals surface area contributed by atoms with Crippen molar-refractivity contribution < 1.29 is 22.9 Å². The molecular weight excluding hydrogens is 125 g/mol. The van der Waals surface area contributed by atoms with Crippen molar-refractivity contribution in [2.24, 2.45) is 0 Å². The number of rotatable bonds is 2. The van der Waals surface area contributed by atoms with Gasteiger partial charge in [-0.05, 0) is 0 Å². The first kappa shape index (κ1) is 7.71. The molecule has 0 N–H and O–H groups in total. The van der Waals surface area contributed by atoms with Gasteiger partial charge in [0.05, 0.1) is 7.11 Å². The van der Waals surface area contributed by atoms with Gasteiger partial charge in [0.2, 0.25) is 0 Å². The van der Waals surface area contributed by atoms with Crippen molar-refractivity contribution in [3.8, 4) is 0 Å². The Morgan fingerprint density at radius 2 is 1.88 bits per heavy atom. The molecule has 0 unspecified atom stereocenters. The molecule has 0 saturated carbocycles. The first-order chi connectivity index (χ1) is 3.56. The zero-order chi connectivity index (χ0) is 6.62. The van der Waals surface area contributed by atoms with Crippen molar-refractivity contribution in [2.75, 3.05) is 13.7 Å². The zero-order valence-electron chi connectivity index (χ0n) is 4.16. The van der Waals surface area contributed by atoms with Gasteiger partial charge in [0.15, 0.2) is 6.61 Å². The Kier molecular flexibility index (Phi) is 2.78. The van der Waals surface area contributed by atoms with Gasteiger partial charge >= 0.3 is 6.18 Å². The molecule has 0 aromatic rings. The minimum atomic E-state index is -4.30. The van der Waals surface area contributed by atoms with E-state index in [2.05, 4.69) is 9.78 Å². The van der Waals surface area contributed by atoms with Crippen molar-refractivity contribution in [1.82, 2.24) is 0 Å². The zero-order valence-corrected chi connectivity index (χ0v) is 4.16. The van der Waals surface area contributed by atoms with Crippen LogP contribution in [0.4, 0.5) is 13.2 Å². The van der Waals surface area contributed by atoms with Crippen LogP contribution in [-0.2, 0) is 9.78 Å². The van der Waals surface area contributed by atoms with Gasteiger partial charge in [-0.1, -0.05) is 0 Å². The van der Waals surface area contributed by atoms with Crippen LogP contribution < -0.4 is 0 Å². The maximum absolute atomic E-state index is 11.0. The fourth-order valence-corrected chi connectivity index (χ4v) is 0.126. The highest BCUT2D eigenvalue weighted by Crippen LogP contribution is 2.13. The highest BCUT2D eigenvalue weighted by molar-refractivity contribution is 4.41. The quantitative estimate of drug-likeness (QED) is 0.412. The smallest absolute Gasteiger partial charge is 0.240 e. The van der Waals surface area contributed by atoms with Crippen LogP contribution >= 0.6 is 0 Å².